The molecule has 2 aromatic carbocycles. The van der Waals surface area contributed by atoms with Crippen molar-refractivity contribution in [3.8, 4) is 5.69 Å². The SMILES string of the molecule is Fc1ccc(-n2c(CCCl)nc3c(Cl)cccc32)c(Cl)c1. The van der Waals surface area contributed by atoms with Crippen LogP contribution in [0.2, 0.25) is 10.0 Å². The van der Waals surface area contributed by atoms with Crippen LogP contribution in [0.25, 0.3) is 16.7 Å². The zero-order valence-corrected chi connectivity index (χ0v) is 13.1. The summed E-state index contributed by atoms with van der Waals surface area (Å²) in [4.78, 5) is 4.54. The number of alkyl halides is 1. The summed E-state index contributed by atoms with van der Waals surface area (Å²) in [7, 11) is 0. The first kappa shape index (κ1) is 14.6. The third-order valence-corrected chi connectivity index (χ3v) is 3.97. The summed E-state index contributed by atoms with van der Waals surface area (Å²) in [6, 6.07) is 9.77. The molecule has 3 aromatic rings. The lowest BCUT2D eigenvalue weighted by Gasteiger charge is -2.10. The van der Waals surface area contributed by atoms with Gasteiger partial charge in [-0.2, -0.15) is 0 Å². The highest BCUT2D eigenvalue weighted by Gasteiger charge is 2.16. The van der Waals surface area contributed by atoms with Crippen LogP contribution in [0.15, 0.2) is 36.4 Å². The van der Waals surface area contributed by atoms with Crippen molar-refractivity contribution in [2.45, 2.75) is 6.42 Å². The molecular formula is C15H10Cl3FN2. The Morgan fingerprint density at radius 1 is 1.10 bits per heavy atom. The molecule has 0 fully saturated rings. The van der Waals surface area contributed by atoms with Crippen molar-refractivity contribution in [2.24, 2.45) is 0 Å². The number of rotatable bonds is 3. The number of nitrogens with zero attached hydrogens (tertiary/aromatic N) is 2. The zero-order chi connectivity index (χ0) is 15.0. The maximum atomic E-state index is 13.3. The van der Waals surface area contributed by atoms with Crippen LogP contribution in [0.3, 0.4) is 0 Å². The maximum absolute atomic E-state index is 13.3. The van der Waals surface area contributed by atoms with Crippen molar-refractivity contribution in [1.82, 2.24) is 9.55 Å². The maximum Gasteiger partial charge on any atom is 0.124 e. The summed E-state index contributed by atoms with van der Waals surface area (Å²) in [6.07, 6.45) is 0.556. The molecule has 0 spiro atoms. The van der Waals surface area contributed by atoms with Crippen molar-refractivity contribution < 1.29 is 4.39 Å². The number of fused-ring (bicyclic) bond motifs is 1. The van der Waals surface area contributed by atoms with E-state index in [4.69, 9.17) is 34.8 Å². The Labute approximate surface area is 136 Å². The summed E-state index contributed by atoms with van der Waals surface area (Å²) >= 11 is 18.2. The highest BCUT2D eigenvalue weighted by Crippen LogP contribution is 2.30. The lowest BCUT2D eigenvalue weighted by molar-refractivity contribution is 0.627. The molecule has 108 valence electrons. The fourth-order valence-corrected chi connectivity index (χ4v) is 2.93. The second-order valence-corrected chi connectivity index (χ2v) is 5.70. The van der Waals surface area contributed by atoms with Gasteiger partial charge < -0.3 is 0 Å². The number of imidazole rings is 1. The Morgan fingerprint density at radius 3 is 2.62 bits per heavy atom. The molecule has 0 aliphatic rings. The molecule has 1 aromatic heterocycles. The molecular weight excluding hydrogens is 334 g/mol. The third kappa shape index (κ3) is 2.61. The molecule has 3 rings (SSSR count). The molecule has 0 radical (unpaired) electrons. The summed E-state index contributed by atoms with van der Waals surface area (Å²) in [5.74, 6) is 0.770. The number of halogens is 4. The smallest absolute Gasteiger partial charge is 0.124 e. The highest BCUT2D eigenvalue weighted by atomic mass is 35.5. The Bertz CT molecular complexity index is 814. The van der Waals surface area contributed by atoms with Crippen molar-refractivity contribution in [1.29, 1.82) is 0 Å². The van der Waals surface area contributed by atoms with Crippen LogP contribution < -0.4 is 0 Å². The monoisotopic (exact) mass is 342 g/mol. The number of para-hydroxylation sites is 1. The molecule has 0 aliphatic carbocycles. The largest absolute Gasteiger partial charge is 0.295 e. The fraction of sp³-hybridized carbons (Fsp3) is 0.133. The second-order valence-electron chi connectivity index (χ2n) is 4.51. The molecule has 1 heterocycles. The average molecular weight is 344 g/mol. The highest BCUT2D eigenvalue weighted by molar-refractivity contribution is 6.35. The topological polar surface area (TPSA) is 17.8 Å². The van der Waals surface area contributed by atoms with Gasteiger partial charge in [0.2, 0.25) is 0 Å². The Morgan fingerprint density at radius 2 is 1.90 bits per heavy atom. The van der Waals surface area contributed by atoms with Gasteiger partial charge in [0.1, 0.15) is 17.2 Å². The Hall–Kier alpha value is -1.29. The number of hydrogen-bond donors (Lipinski definition) is 0. The zero-order valence-electron chi connectivity index (χ0n) is 10.8. The molecule has 0 bridgehead atoms. The van der Waals surface area contributed by atoms with Crippen molar-refractivity contribution >= 4 is 45.8 Å². The predicted octanol–water partition coefficient (Wildman–Crippen LogP) is 5.25. The summed E-state index contributed by atoms with van der Waals surface area (Å²) in [5, 5.41) is 0.866. The van der Waals surface area contributed by atoms with Gasteiger partial charge in [-0.3, -0.25) is 4.57 Å². The van der Waals surface area contributed by atoms with Gasteiger partial charge in [-0.05, 0) is 30.3 Å². The lowest BCUT2D eigenvalue weighted by Crippen LogP contribution is -2.03. The standard InChI is InChI=1S/C15H10Cl3FN2/c16-7-6-14-20-15-10(17)2-1-3-13(15)21(14)12-5-4-9(19)8-11(12)18/h1-5,8H,6-7H2. The van der Waals surface area contributed by atoms with E-state index in [1.807, 2.05) is 16.7 Å². The van der Waals surface area contributed by atoms with Gasteiger partial charge in [0.25, 0.3) is 0 Å². The number of aromatic nitrogens is 2. The molecule has 6 heteroatoms. The molecule has 0 saturated heterocycles. The van der Waals surface area contributed by atoms with Gasteiger partial charge in [0, 0.05) is 12.3 Å². The van der Waals surface area contributed by atoms with Crippen molar-refractivity contribution in [3.63, 3.8) is 0 Å². The predicted molar refractivity (Wildman–Crippen MR) is 85.5 cm³/mol. The van der Waals surface area contributed by atoms with Crippen LogP contribution in [-0.4, -0.2) is 15.4 Å². The van der Waals surface area contributed by atoms with E-state index in [1.165, 1.54) is 12.1 Å². The summed E-state index contributed by atoms with van der Waals surface area (Å²) in [6.45, 7) is 0. The molecule has 0 unspecified atom stereocenters. The first-order valence-electron chi connectivity index (χ1n) is 6.29. The first-order chi connectivity index (χ1) is 10.1. The van der Waals surface area contributed by atoms with Crippen LogP contribution >= 0.6 is 34.8 Å². The molecule has 0 atom stereocenters. The number of hydrogen-bond acceptors (Lipinski definition) is 1. The van der Waals surface area contributed by atoms with Crippen molar-refractivity contribution in [3.05, 3.63) is 58.1 Å². The van der Waals surface area contributed by atoms with E-state index in [2.05, 4.69) is 4.98 Å². The minimum absolute atomic E-state index is 0.310. The van der Waals surface area contributed by atoms with Gasteiger partial charge in [-0.1, -0.05) is 29.3 Å². The van der Waals surface area contributed by atoms with Crippen LogP contribution in [0.1, 0.15) is 5.82 Å². The van der Waals surface area contributed by atoms with Crippen LogP contribution in [-0.2, 0) is 6.42 Å². The normalized spacial score (nSPS) is 11.2. The average Bonchev–Trinajstić information content (AvgIpc) is 2.79. The Balaban J connectivity index is 2.33. The van der Waals surface area contributed by atoms with Crippen LogP contribution in [0.4, 0.5) is 4.39 Å². The van der Waals surface area contributed by atoms with E-state index in [1.54, 1.807) is 12.1 Å². The summed E-state index contributed by atoms with van der Waals surface area (Å²) in [5.41, 5.74) is 2.15. The van der Waals surface area contributed by atoms with Gasteiger partial charge in [-0.15, -0.1) is 11.6 Å². The van der Waals surface area contributed by atoms with Gasteiger partial charge in [-0.25, -0.2) is 9.37 Å². The van der Waals surface area contributed by atoms with E-state index in [0.717, 1.165) is 11.3 Å². The number of benzene rings is 2. The lowest BCUT2D eigenvalue weighted by atomic mass is 10.2. The molecule has 0 saturated carbocycles. The number of aryl methyl sites for hydroxylation is 1. The molecule has 0 amide bonds. The van der Waals surface area contributed by atoms with E-state index < -0.39 is 0 Å². The van der Waals surface area contributed by atoms with E-state index in [9.17, 15) is 4.39 Å². The van der Waals surface area contributed by atoms with Gasteiger partial charge in [0.15, 0.2) is 0 Å². The molecule has 0 N–H and O–H groups in total. The van der Waals surface area contributed by atoms with E-state index >= 15 is 0 Å². The van der Waals surface area contributed by atoms with Gasteiger partial charge in [0.05, 0.1) is 21.2 Å². The van der Waals surface area contributed by atoms with Crippen LogP contribution in [0, 0.1) is 5.82 Å². The fourth-order valence-electron chi connectivity index (χ4n) is 2.30. The van der Waals surface area contributed by atoms with Crippen molar-refractivity contribution in [2.75, 3.05) is 5.88 Å². The minimum Gasteiger partial charge on any atom is -0.295 e. The van der Waals surface area contributed by atoms with Crippen LogP contribution in [0.5, 0.6) is 0 Å². The molecule has 21 heavy (non-hydrogen) atoms. The summed E-state index contributed by atoms with van der Waals surface area (Å²) < 4.78 is 15.1. The van der Waals surface area contributed by atoms with E-state index in [-0.39, 0.29) is 5.82 Å². The molecule has 2 nitrogen and oxygen atoms in total. The van der Waals surface area contributed by atoms with Gasteiger partial charge >= 0.3 is 0 Å². The first-order valence-corrected chi connectivity index (χ1v) is 7.58. The second kappa shape index (κ2) is 5.84. The third-order valence-electron chi connectivity index (χ3n) is 3.17. The Kier molecular flexibility index (Phi) is 4.07. The quantitative estimate of drug-likeness (QED) is 0.594. The molecule has 0 aliphatic heterocycles. The van der Waals surface area contributed by atoms with E-state index in [0.29, 0.717) is 33.6 Å². The minimum atomic E-state index is -0.384.